The summed E-state index contributed by atoms with van der Waals surface area (Å²) in [5.74, 6) is 0. The van der Waals surface area contributed by atoms with E-state index in [0.717, 1.165) is 0 Å². The van der Waals surface area contributed by atoms with Crippen LogP contribution in [0.2, 0.25) is 0 Å². The van der Waals surface area contributed by atoms with Crippen molar-refractivity contribution in [3.63, 3.8) is 0 Å². The minimum Gasteiger partial charge on any atom is -0.663 e. The van der Waals surface area contributed by atoms with E-state index in [-0.39, 0.29) is 48.5 Å². The molecule has 0 aliphatic rings. The van der Waals surface area contributed by atoms with Crippen molar-refractivity contribution in [2.24, 2.45) is 0 Å². The van der Waals surface area contributed by atoms with Crippen LogP contribution in [0.4, 0.5) is 26.3 Å². The molecule has 0 aliphatic heterocycles. The molecule has 167 valence electrons. The van der Waals surface area contributed by atoms with Gasteiger partial charge in [0.25, 0.3) is 0 Å². The fraction of sp³-hybridized carbons (Fsp3) is 1.00. The van der Waals surface area contributed by atoms with Crippen molar-refractivity contribution in [1.29, 1.82) is 0 Å². The molecule has 11 heteroatoms. The summed E-state index contributed by atoms with van der Waals surface area (Å²) in [6.45, 7) is 7.51. The van der Waals surface area contributed by atoms with Gasteiger partial charge < -0.3 is 21.3 Å². The molecule has 0 spiro atoms. The summed E-state index contributed by atoms with van der Waals surface area (Å²) < 4.78 is 73.4. The van der Waals surface area contributed by atoms with Gasteiger partial charge >= 0.3 is 12.4 Å². The zero-order valence-corrected chi connectivity index (χ0v) is 17.8. The maximum atomic E-state index is 12.4. The first-order valence-corrected chi connectivity index (χ1v) is 8.47. The van der Waals surface area contributed by atoms with Crippen LogP contribution in [0.1, 0.15) is 40.5 Å². The van der Waals surface area contributed by atoms with Gasteiger partial charge in [0.05, 0.1) is 0 Å². The second-order valence-corrected chi connectivity index (χ2v) is 5.80. The van der Waals surface area contributed by atoms with Gasteiger partial charge in [-0.2, -0.15) is 53.5 Å². The average molecular weight is 447 g/mol. The summed E-state index contributed by atoms with van der Waals surface area (Å²) in [5, 5.41) is 14.5. The first-order valence-electron chi connectivity index (χ1n) is 8.47. The van der Waals surface area contributed by atoms with Gasteiger partial charge in [-0.25, -0.2) is 0 Å². The van der Waals surface area contributed by atoms with Gasteiger partial charge in [0, 0.05) is 17.1 Å². The van der Waals surface area contributed by atoms with E-state index in [2.05, 4.69) is 21.3 Å². The summed E-state index contributed by atoms with van der Waals surface area (Å²) in [6.07, 6.45) is -8.55. The van der Waals surface area contributed by atoms with Gasteiger partial charge in [-0.05, 0) is 12.1 Å². The minimum absolute atomic E-state index is 0. The van der Waals surface area contributed by atoms with Crippen LogP contribution in [0.5, 0.6) is 0 Å². The molecule has 0 saturated heterocycles. The van der Waals surface area contributed by atoms with Gasteiger partial charge in [0.1, 0.15) is 0 Å². The van der Waals surface area contributed by atoms with Gasteiger partial charge in [-0.15, -0.1) is 12.1 Å². The van der Waals surface area contributed by atoms with Crippen LogP contribution in [-0.2, 0) is 17.1 Å². The Labute approximate surface area is 169 Å². The van der Waals surface area contributed by atoms with Gasteiger partial charge in [0.15, 0.2) is 0 Å². The Balaban J connectivity index is -0.000000416. The van der Waals surface area contributed by atoms with Crippen molar-refractivity contribution in [3.8, 4) is 0 Å². The summed E-state index contributed by atoms with van der Waals surface area (Å²) in [7, 11) is 2.69. The molecule has 0 aliphatic carbocycles. The van der Waals surface area contributed by atoms with E-state index in [1.54, 1.807) is 20.8 Å². The van der Waals surface area contributed by atoms with Crippen LogP contribution in [0.15, 0.2) is 0 Å². The summed E-state index contributed by atoms with van der Waals surface area (Å²) >= 11 is 0. The molecule has 27 heavy (non-hydrogen) atoms. The third-order valence-electron chi connectivity index (χ3n) is 3.53. The average Bonchev–Trinajstić information content (AvgIpc) is 2.50. The van der Waals surface area contributed by atoms with E-state index in [1.165, 1.54) is 14.1 Å². The molecule has 4 nitrogen and oxygen atoms in total. The van der Waals surface area contributed by atoms with Gasteiger partial charge in [-0.1, -0.05) is 40.5 Å². The Bertz CT molecular complexity index is 342. The normalized spacial score (nSPS) is 16.4. The Morgan fingerprint density at radius 3 is 1.37 bits per heavy atom. The van der Waals surface area contributed by atoms with E-state index in [1.807, 2.05) is 6.92 Å². The molecule has 0 saturated carbocycles. The fourth-order valence-electron chi connectivity index (χ4n) is 2.06. The number of halogens is 6. The molecule has 0 N–H and O–H groups in total. The van der Waals surface area contributed by atoms with Crippen LogP contribution >= 0.6 is 0 Å². The zero-order valence-electron chi connectivity index (χ0n) is 16.6. The van der Waals surface area contributed by atoms with Crippen LogP contribution in [-0.4, -0.2) is 63.7 Å². The predicted octanol–water partition coefficient (Wildman–Crippen LogP) is 6.18. The molecule has 0 bridgehead atoms. The van der Waals surface area contributed by atoms with Gasteiger partial charge in [0.2, 0.25) is 0 Å². The SMILES string of the molecule is CC[N-]C(C)CC([N-]CC)C(F)(F)F.C[N-]C(C)CC([N-]C)C(F)(F)F.[Mn]. The Morgan fingerprint density at radius 2 is 1.07 bits per heavy atom. The number of nitrogens with zero attached hydrogens (tertiary/aromatic N) is 4. The first-order chi connectivity index (χ1) is 11.8. The number of hydrogen-bond donors (Lipinski definition) is 0. The molecular formula is C16H30F6MnN4-4. The second-order valence-electron chi connectivity index (χ2n) is 5.80. The molecular weight excluding hydrogens is 417 g/mol. The van der Waals surface area contributed by atoms with E-state index >= 15 is 0 Å². The third-order valence-corrected chi connectivity index (χ3v) is 3.53. The molecule has 0 rings (SSSR count). The molecule has 4 atom stereocenters. The van der Waals surface area contributed by atoms with Crippen molar-refractivity contribution in [2.75, 3.05) is 27.2 Å². The Kier molecular flexibility index (Phi) is 18.5. The van der Waals surface area contributed by atoms with Crippen molar-refractivity contribution >= 4 is 0 Å². The van der Waals surface area contributed by atoms with E-state index in [4.69, 9.17) is 0 Å². The fourth-order valence-corrected chi connectivity index (χ4v) is 2.06. The maximum Gasteiger partial charge on any atom is 0.373 e. The van der Waals surface area contributed by atoms with Crippen molar-refractivity contribution in [1.82, 2.24) is 0 Å². The maximum absolute atomic E-state index is 12.4. The second kappa shape index (κ2) is 15.8. The molecule has 1 radical (unpaired) electrons. The van der Waals surface area contributed by atoms with Gasteiger partial charge in [-0.3, -0.25) is 0 Å². The standard InChI is InChI=1S/C9H17F3N2.C7H13F3N2.Mn/c1-4-13-7(3)6-8(14-5-2)9(10,11)12;1-5(11-2)4-6(12-3)7(8,9)10;/h7-8H,4-6H2,1-3H3;5-6H,4H2,1-3H3;/q2*-2;. The molecule has 4 unspecified atom stereocenters. The van der Waals surface area contributed by atoms with Crippen LogP contribution in [0, 0.1) is 0 Å². The molecule has 0 aromatic rings. The quantitative estimate of drug-likeness (QED) is 0.284. The topological polar surface area (TPSA) is 56.4 Å². The van der Waals surface area contributed by atoms with E-state index in [9.17, 15) is 26.3 Å². The largest absolute Gasteiger partial charge is 0.663 e. The van der Waals surface area contributed by atoms with E-state index in [0.29, 0.717) is 6.54 Å². The smallest absolute Gasteiger partial charge is 0.373 e. The van der Waals surface area contributed by atoms with Crippen LogP contribution < -0.4 is 0 Å². The summed E-state index contributed by atoms with van der Waals surface area (Å²) in [4.78, 5) is 0. The molecule has 0 aromatic heterocycles. The Morgan fingerprint density at radius 1 is 0.667 bits per heavy atom. The predicted molar refractivity (Wildman–Crippen MR) is 94.2 cm³/mol. The molecule has 0 fully saturated rings. The number of alkyl halides is 6. The minimum atomic E-state index is -4.23. The summed E-state index contributed by atoms with van der Waals surface area (Å²) in [5.41, 5.74) is 0. The molecule has 0 heterocycles. The number of rotatable bonds is 10. The van der Waals surface area contributed by atoms with Crippen LogP contribution in [0.3, 0.4) is 0 Å². The monoisotopic (exact) mass is 447 g/mol. The van der Waals surface area contributed by atoms with E-state index < -0.39 is 24.4 Å². The molecule has 0 aromatic carbocycles. The Hall–Kier alpha value is -0.0605. The zero-order chi connectivity index (χ0) is 21.0. The van der Waals surface area contributed by atoms with Crippen molar-refractivity contribution in [2.45, 2.75) is 77.1 Å². The van der Waals surface area contributed by atoms with Crippen LogP contribution in [0.25, 0.3) is 21.3 Å². The molecule has 0 amide bonds. The summed E-state index contributed by atoms with van der Waals surface area (Å²) in [6, 6.07) is -3.70. The van der Waals surface area contributed by atoms with Crippen molar-refractivity contribution < 1.29 is 43.4 Å². The third kappa shape index (κ3) is 16.6. The first kappa shape index (κ1) is 31.6. The van der Waals surface area contributed by atoms with Crippen molar-refractivity contribution in [3.05, 3.63) is 21.3 Å². The number of hydrogen-bond acceptors (Lipinski definition) is 0.